The minimum Gasteiger partial charge on any atom is -0.440 e. The van der Waals surface area contributed by atoms with Crippen molar-refractivity contribution in [1.82, 2.24) is 9.78 Å². The highest BCUT2D eigenvalue weighted by Crippen LogP contribution is 2.33. The Morgan fingerprint density at radius 3 is 2.60 bits per heavy atom. The highest BCUT2D eigenvalue weighted by molar-refractivity contribution is 9.10. The summed E-state index contributed by atoms with van der Waals surface area (Å²) in [5, 5.41) is 23.8. The van der Waals surface area contributed by atoms with Gasteiger partial charge in [0.05, 0.1) is 28.9 Å². The minimum absolute atomic E-state index is 0.144. The average molecular weight is 465 g/mol. The molecule has 2 aromatic heterocycles. The summed E-state index contributed by atoms with van der Waals surface area (Å²) in [6, 6.07) is 15.2. The van der Waals surface area contributed by atoms with Gasteiger partial charge in [-0.2, -0.15) is 15.6 Å². The number of ether oxygens (including phenoxy) is 1. The lowest BCUT2D eigenvalue weighted by Gasteiger charge is -2.26. The molecule has 1 fully saturated rings. The fourth-order valence-corrected chi connectivity index (χ4v) is 3.78. The van der Waals surface area contributed by atoms with Gasteiger partial charge in [0.2, 0.25) is 5.88 Å². The van der Waals surface area contributed by atoms with Crippen LogP contribution in [0.5, 0.6) is 0 Å². The maximum absolute atomic E-state index is 9.76. The van der Waals surface area contributed by atoms with Crippen LogP contribution in [0.4, 0.5) is 11.7 Å². The van der Waals surface area contributed by atoms with Crippen LogP contribution in [0.3, 0.4) is 0 Å². The Labute approximate surface area is 181 Å². The summed E-state index contributed by atoms with van der Waals surface area (Å²) in [5.74, 6) is 1.32. The number of hydrogen-bond acceptors (Lipinski definition) is 7. The normalized spacial score (nSPS) is 14.4. The molecule has 0 atom stereocenters. The van der Waals surface area contributed by atoms with E-state index < -0.39 is 0 Å². The van der Waals surface area contributed by atoms with E-state index in [0.29, 0.717) is 30.5 Å². The zero-order chi connectivity index (χ0) is 21.1. The molecule has 0 saturated carbocycles. The van der Waals surface area contributed by atoms with Crippen LogP contribution in [-0.4, -0.2) is 36.1 Å². The number of para-hydroxylation sites is 1. The Morgan fingerprint density at radius 2 is 1.93 bits per heavy atom. The fraction of sp³-hybridized carbons (Fsp3) is 0.190. The molecule has 0 amide bonds. The van der Waals surface area contributed by atoms with Crippen LogP contribution in [-0.2, 0) is 4.74 Å². The molecule has 1 aliphatic rings. The first-order valence-corrected chi connectivity index (χ1v) is 10.00. The third-order valence-electron chi connectivity index (χ3n) is 4.68. The van der Waals surface area contributed by atoms with Gasteiger partial charge in [0, 0.05) is 25.2 Å². The van der Waals surface area contributed by atoms with Crippen molar-refractivity contribution in [2.24, 2.45) is 0 Å². The lowest BCUT2D eigenvalue weighted by atomic mass is 10.1. The SMILES string of the molecule is N#C/C(=C/c1cc(Br)c(N2CCOCC2)o1)c1nn(-c2ccccc2)c(N)c1C#N. The van der Waals surface area contributed by atoms with E-state index >= 15 is 0 Å². The van der Waals surface area contributed by atoms with Crippen LogP contribution < -0.4 is 10.6 Å². The predicted molar refractivity (Wildman–Crippen MR) is 116 cm³/mol. The van der Waals surface area contributed by atoms with Gasteiger partial charge < -0.3 is 19.8 Å². The molecular formula is C21H17BrN6O2. The molecule has 0 bridgehead atoms. The van der Waals surface area contributed by atoms with Gasteiger partial charge in [0.25, 0.3) is 0 Å². The van der Waals surface area contributed by atoms with Gasteiger partial charge in [-0.3, -0.25) is 0 Å². The molecule has 2 N–H and O–H groups in total. The van der Waals surface area contributed by atoms with Gasteiger partial charge >= 0.3 is 0 Å². The van der Waals surface area contributed by atoms with Gasteiger partial charge in [-0.1, -0.05) is 18.2 Å². The first-order valence-electron chi connectivity index (χ1n) is 9.20. The number of aromatic nitrogens is 2. The maximum Gasteiger partial charge on any atom is 0.210 e. The first-order chi connectivity index (χ1) is 14.6. The Hall–Kier alpha value is -3.53. The topological polar surface area (TPSA) is 117 Å². The van der Waals surface area contributed by atoms with Crippen LogP contribution in [0.15, 0.2) is 45.3 Å². The van der Waals surface area contributed by atoms with Crippen molar-refractivity contribution in [1.29, 1.82) is 10.5 Å². The number of nitrogen functional groups attached to an aromatic ring is 1. The number of nitrogens with two attached hydrogens (primary N) is 1. The van der Waals surface area contributed by atoms with Gasteiger partial charge in [0.1, 0.15) is 35.0 Å². The zero-order valence-electron chi connectivity index (χ0n) is 15.9. The Balaban J connectivity index is 1.74. The van der Waals surface area contributed by atoms with Crippen molar-refractivity contribution >= 4 is 39.3 Å². The zero-order valence-corrected chi connectivity index (χ0v) is 17.5. The Morgan fingerprint density at radius 1 is 1.20 bits per heavy atom. The van der Waals surface area contributed by atoms with E-state index in [1.807, 2.05) is 30.3 Å². The second-order valence-corrected chi connectivity index (χ2v) is 7.39. The number of morpholine rings is 1. The summed E-state index contributed by atoms with van der Waals surface area (Å²) < 4.78 is 13.6. The molecule has 0 radical (unpaired) electrons. The molecule has 9 heteroatoms. The van der Waals surface area contributed by atoms with E-state index in [1.165, 1.54) is 4.68 Å². The van der Waals surface area contributed by atoms with Gasteiger partial charge in [-0.05, 0) is 28.1 Å². The summed E-state index contributed by atoms with van der Waals surface area (Å²) in [6.07, 6.45) is 1.56. The van der Waals surface area contributed by atoms with Crippen LogP contribution >= 0.6 is 15.9 Å². The second-order valence-electron chi connectivity index (χ2n) is 6.54. The molecule has 0 unspecified atom stereocenters. The Bertz CT molecular complexity index is 1180. The van der Waals surface area contributed by atoms with Crippen molar-refractivity contribution in [3.05, 3.63) is 57.9 Å². The molecule has 8 nitrogen and oxygen atoms in total. The number of furan rings is 1. The van der Waals surface area contributed by atoms with E-state index in [2.05, 4.69) is 38.1 Å². The van der Waals surface area contributed by atoms with Crippen molar-refractivity contribution < 1.29 is 9.15 Å². The minimum atomic E-state index is 0.144. The molecule has 1 aliphatic heterocycles. The number of benzene rings is 1. The summed E-state index contributed by atoms with van der Waals surface area (Å²) in [6.45, 7) is 2.70. The smallest absolute Gasteiger partial charge is 0.210 e. The van der Waals surface area contributed by atoms with E-state index in [1.54, 1.807) is 12.1 Å². The number of rotatable bonds is 4. The maximum atomic E-state index is 9.76. The van der Waals surface area contributed by atoms with Gasteiger partial charge in [0.15, 0.2) is 0 Å². The first kappa shape index (κ1) is 19.8. The fourth-order valence-electron chi connectivity index (χ4n) is 3.22. The third kappa shape index (κ3) is 3.69. The molecule has 3 heterocycles. The molecule has 0 spiro atoms. The highest BCUT2D eigenvalue weighted by Gasteiger charge is 2.22. The number of halogens is 1. The number of anilines is 2. The van der Waals surface area contributed by atoms with Crippen LogP contribution in [0.2, 0.25) is 0 Å². The third-order valence-corrected chi connectivity index (χ3v) is 5.25. The highest BCUT2D eigenvalue weighted by atomic mass is 79.9. The summed E-state index contributed by atoms with van der Waals surface area (Å²) in [5.41, 5.74) is 7.39. The van der Waals surface area contributed by atoms with Crippen LogP contribution in [0.25, 0.3) is 17.3 Å². The van der Waals surface area contributed by atoms with E-state index in [4.69, 9.17) is 14.9 Å². The average Bonchev–Trinajstić information content (AvgIpc) is 3.32. The van der Waals surface area contributed by atoms with Gasteiger partial charge in [-0.25, -0.2) is 4.68 Å². The molecule has 1 aromatic carbocycles. The standard InChI is InChI=1S/C21H17BrN6O2/c22-18-11-16(30-21(18)27-6-8-29-9-7-27)10-14(12-23)19-17(13-24)20(25)28(26-19)15-4-2-1-3-5-15/h1-5,10-11H,6-9,25H2/b14-10-. The number of nitrogens with zero attached hydrogens (tertiary/aromatic N) is 5. The van der Waals surface area contributed by atoms with Crippen molar-refractivity contribution in [2.45, 2.75) is 0 Å². The number of nitriles is 2. The molecule has 1 saturated heterocycles. The Kier molecular flexibility index (Phi) is 5.57. The van der Waals surface area contributed by atoms with E-state index in [0.717, 1.165) is 17.6 Å². The number of allylic oxidation sites excluding steroid dienone is 1. The summed E-state index contributed by atoms with van der Waals surface area (Å²) >= 11 is 3.51. The summed E-state index contributed by atoms with van der Waals surface area (Å²) in [7, 11) is 0. The molecular weight excluding hydrogens is 448 g/mol. The van der Waals surface area contributed by atoms with E-state index in [9.17, 15) is 10.5 Å². The largest absolute Gasteiger partial charge is 0.440 e. The molecule has 150 valence electrons. The quantitative estimate of drug-likeness (QED) is 0.586. The van der Waals surface area contributed by atoms with E-state index in [-0.39, 0.29) is 22.6 Å². The molecule has 0 aliphatic carbocycles. The second kappa shape index (κ2) is 8.46. The van der Waals surface area contributed by atoms with Crippen molar-refractivity contribution in [3.8, 4) is 17.8 Å². The van der Waals surface area contributed by atoms with Crippen molar-refractivity contribution in [3.63, 3.8) is 0 Å². The monoisotopic (exact) mass is 464 g/mol. The lowest BCUT2D eigenvalue weighted by molar-refractivity contribution is 0.120. The number of hydrogen-bond donors (Lipinski definition) is 1. The predicted octanol–water partition coefficient (Wildman–Crippen LogP) is 3.58. The van der Waals surface area contributed by atoms with Crippen LogP contribution in [0, 0.1) is 22.7 Å². The van der Waals surface area contributed by atoms with Gasteiger partial charge in [-0.15, -0.1) is 0 Å². The molecule has 4 rings (SSSR count). The molecule has 30 heavy (non-hydrogen) atoms. The van der Waals surface area contributed by atoms with Crippen LogP contribution in [0.1, 0.15) is 17.0 Å². The summed E-state index contributed by atoms with van der Waals surface area (Å²) in [4.78, 5) is 2.07. The lowest BCUT2D eigenvalue weighted by Crippen LogP contribution is -2.36. The van der Waals surface area contributed by atoms with Crippen molar-refractivity contribution in [2.75, 3.05) is 36.9 Å². The molecule has 3 aromatic rings.